The van der Waals surface area contributed by atoms with E-state index in [1.165, 1.54) is 0 Å². The molecule has 0 aliphatic carbocycles. The Morgan fingerprint density at radius 1 is 1.41 bits per heavy atom. The van der Waals surface area contributed by atoms with Crippen LogP contribution in [0.2, 0.25) is 0 Å². The molecule has 1 saturated heterocycles. The monoisotopic (exact) mass is 304 g/mol. The van der Waals surface area contributed by atoms with Crippen LogP contribution in [0.1, 0.15) is 25.8 Å². The van der Waals surface area contributed by atoms with Crippen LogP contribution in [0.15, 0.2) is 24.3 Å². The number of methoxy groups -OCH3 is 1. The summed E-state index contributed by atoms with van der Waals surface area (Å²) >= 11 is 0. The number of carbonyl (C=O) groups is 2. The first-order valence-electron chi connectivity index (χ1n) is 7.69. The van der Waals surface area contributed by atoms with Gasteiger partial charge in [-0.2, -0.15) is 0 Å². The molecule has 2 amide bonds. The summed E-state index contributed by atoms with van der Waals surface area (Å²) in [6.07, 6.45) is 0.811. The van der Waals surface area contributed by atoms with Crippen LogP contribution in [-0.2, 0) is 16.0 Å². The molecule has 0 aromatic heterocycles. The van der Waals surface area contributed by atoms with Crippen LogP contribution in [0.5, 0.6) is 5.75 Å². The largest absolute Gasteiger partial charge is 0.496 e. The van der Waals surface area contributed by atoms with Crippen molar-refractivity contribution in [3.8, 4) is 5.75 Å². The molecule has 0 bridgehead atoms. The maximum absolute atomic E-state index is 12.1. The third-order valence-corrected chi connectivity index (χ3v) is 3.99. The normalized spacial score (nSPS) is 17.9. The molecule has 1 heterocycles. The summed E-state index contributed by atoms with van der Waals surface area (Å²) in [5, 5.41) is 2.93. The Labute approximate surface area is 131 Å². The number of hydrogen-bond donors (Lipinski definition) is 1. The number of hydrogen-bond acceptors (Lipinski definition) is 3. The van der Waals surface area contributed by atoms with E-state index in [2.05, 4.69) is 5.32 Å². The number of nitrogens with one attached hydrogen (secondary N) is 1. The second-order valence-electron chi connectivity index (χ2n) is 6.00. The van der Waals surface area contributed by atoms with Crippen molar-refractivity contribution in [1.82, 2.24) is 10.2 Å². The molecule has 1 aliphatic heterocycles. The summed E-state index contributed by atoms with van der Waals surface area (Å²) in [5.41, 5.74) is 0.869. The SMILES string of the molecule is COc1ccccc1CC(=O)NCC1CC(=O)N(C(C)C)C1. The van der Waals surface area contributed by atoms with Crippen LogP contribution in [0, 0.1) is 5.92 Å². The second-order valence-corrected chi connectivity index (χ2v) is 6.00. The molecule has 0 saturated carbocycles. The van der Waals surface area contributed by atoms with Gasteiger partial charge < -0.3 is 15.0 Å². The maximum Gasteiger partial charge on any atom is 0.224 e. The molecule has 2 rings (SSSR count). The zero-order chi connectivity index (χ0) is 16.1. The van der Waals surface area contributed by atoms with Gasteiger partial charge in [-0.15, -0.1) is 0 Å². The minimum atomic E-state index is -0.0417. The van der Waals surface area contributed by atoms with Gasteiger partial charge in [-0.3, -0.25) is 9.59 Å². The number of nitrogens with zero attached hydrogens (tertiary/aromatic N) is 1. The van der Waals surface area contributed by atoms with E-state index in [9.17, 15) is 9.59 Å². The van der Waals surface area contributed by atoms with Gasteiger partial charge in [0.15, 0.2) is 0 Å². The first-order chi connectivity index (χ1) is 10.5. The van der Waals surface area contributed by atoms with Crippen LogP contribution in [0.4, 0.5) is 0 Å². The Hall–Kier alpha value is -2.04. The molecule has 1 aromatic rings. The fraction of sp³-hybridized carbons (Fsp3) is 0.529. The molecule has 22 heavy (non-hydrogen) atoms. The van der Waals surface area contributed by atoms with E-state index in [1.807, 2.05) is 43.0 Å². The predicted octanol–water partition coefficient (Wildman–Crippen LogP) is 1.61. The van der Waals surface area contributed by atoms with E-state index in [4.69, 9.17) is 4.74 Å². The Morgan fingerprint density at radius 3 is 2.77 bits per heavy atom. The summed E-state index contributed by atoms with van der Waals surface area (Å²) < 4.78 is 5.25. The van der Waals surface area contributed by atoms with Gasteiger partial charge in [-0.05, 0) is 19.9 Å². The van der Waals surface area contributed by atoms with Crippen molar-refractivity contribution in [3.05, 3.63) is 29.8 Å². The van der Waals surface area contributed by atoms with Crippen molar-refractivity contribution < 1.29 is 14.3 Å². The quantitative estimate of drug-likeness (QED) is 0.868. The zero-order valence-electron chi connectivity index (χ0n) is 13.5. The first kappa shape index (κ1) is 16.3. The number of ether oxygens (including phenoxy) is 1. The number of benzene rings is 1. The molecule has 5 heteroatoms. The lowest BCUT2D eigenvalue weighted by Crippen LogP contribution is -2.34. The lowest BCUT2D eigenvalue weighted by molar-refractivity contribution is -0.129. The van der Waals surface area contributed by atoms with Crippen molar-refractivity contribution in [1.29, 1.82) is 0 Å². The minimum Gasteiger partial charge on any atom is -0.496 e. The highest BCUT2D eigenvalue weighted by Crippen LogP contribution is 2.20. The van der Waals surface area contributed by atoms with Gasteiger partial charge in [-0.1, -0.05) is 18.2 Å². The van der Waals surface area contributed by atoms with Gasteiger partial charge in [0.2, 0.25) is 11.8 Å². The summed E-state index contributed by atoms with van der Waals surface area (Å²) in [4.78, 5) is 25.8. The van der Waals surface area contributed by atoms with E-state index in [1.54, 1.807) is 7.11 Å². The number of likely N-dealkylation sites (tertiary alicyclic amines) is 1. The smallest absolute Gasteiger partial charge is 0.224 e. The van der Waals surface area contributed by atoms with Crippen molar-refractivity contribution in [2.75, 3.05) is 20.2 Å². The molecule has 1 aliphatic rings. The lowest BCUT2D eigenvalue weighted by atomic mass is 10.1. The van der Waals surface area contributed by atoms with Crippen LogP contribution >= 0.6 is 0 Å². The highest BCUT2D eigenvalue weighted by atomic mass is 16.5. The molecule has 5 nitrogen and oxygen atoms in total. The minimum absolute atomic E-state index is 0.0417. The summed E-state index contributed by atoms with van der Waals surface area (Å²) in [6.45, 7) is 5.30. The van der Waals surface area contributed by atoms with Crippen molar-refractivity contribution in [2.45, 2.75) is 32.7 Å². The van der Waals surface area contributed by atoms with E-state index >= 15 is 0 Å². The average molecular weight is 304 g/mol. The van der Waals surface area contributed by atoms with Gasteiger partial charge in [0.05, 0.1) is 13.5 Å². The molecule has 1 atom stereocenters. The van der Waals surface area contributed by atoms with Gasteiger partial charge in [0.1, 0.15) is 5.75 Å². The summed E-state index contributed by atoms with van der Waals surface area (Å²) in [5.74, 6) is 1.06. The highest BCUT2D eigenvalue weighted by Gasteiger charge is 2.31. The van der Waals surface area contributed by atoms with E-state index in [-0.39, 0.29) is 23.8 Å². The molecule has 1 aromatic carbocycles. The number of carbonyl (C=O) groups excluding carboxylic acids is 2. The van der Waals surface area contributed by atoms with Gasteiger partial charge >= 0.3 is 0 Å². The standard InChI is InChI=1S/C17H24N2O3/c1-12(2)19-11-13(8-17(19)21)10-18-16(20)9-14-6-4-5-7-15(14)22-3/h4-7,12-13H,8-11H2,1-3H3,(H,18,20). The van der Waals surface area contributed by atoms with Gasteiger partial charge in [-0.25, -0.2) is 0 Å². The van der Waals surface area contributed by atoms with Crippen LogP contribution in [0.25, 0.3) is 0 Å². The number of para-hydroxylation sites is 1. The Morgan fingerprint density at radius 2 is 2.14 bits per heavy atom. The molecular formula is C17H24N2O3. The lowest BCUT2D eigenvalue weighted by Gasteiger charge is -2.21. The Bertz CT molecular complexity index is 542. The molecule has 0 radical (unpaired) electrons. The van der Waals surface area contributed by atoms with E-state index in [0.29, 0.717) is 19.4 Å². The molecular weight excluding hydrogens is 280 g/mol. The van der Waals surface area contributed by atoms with Crippen molar-refractivity contribution >= 4 is 11.8 Å². The van der Waals surface area contributed by atoms with Gasteiger partial charge in [0, 0.05) is 37.0 Å². The third-order valence-electron chi connectivity index (χ3n) is 3.99. The van der Waals surface area contributed by atoms with Crippen molar-refractivity contribution in [3.63, 3.8) is 0 Å². The topological polar surface area (TPSA) is 58.6 Å². The summed E-state index contributed by atoms with van der Waals surface area (Å²) in [6, 6.07) is 7.73. The van der Waals surface area contributed by atoms with Crippen LogP contribution in [-0.4, -0.2) is 43.0 Å². The highest BCUT2D eigenvalue weighted by molar-refractivity contribution is 5.80. The second kappa shape index (κ2) is 7.29. The third kappa shape index (κ3) is 4.00. The molecule has 1 unspecified atom stereocenters. The zero-order valence-corrected chi connectivity index (χ0v) is 13.5. The average Bonchev–Trinajstić information content (AvgIpc) is 2.87. The number of rotatable bonds is 6. The Balaban J connectivity index is 1.83. The maximum atomic E-state index is 12.1. The van der Waals surface area contributed by atoms with Crippen LogP contribution in [0.3, 0.4) is 0 Å². The summed E-state index contributed by atoms with van der Waals surface area (Å²) in [7, 11) is 1.60. The molecule has 0 spiro atoms. The number of amides is 2. The van der Waals surface area contributed by atoms with Crippen LogP contribution < -0.4 is 10.1 Å². The first-order valence-corrected chi connectivity index (χ1v) is 7.69. The fourth-order valence-corrected chi connectivity index (χ4v) is 2.79. The van der Waals surface area contributed by atoms with Gasteiger partial charge in [0.25, 0.3) is 0 Å². The van der Waals surface area contributed by atoms with Crippen molar-refractivity contribution in [2.24, 2.45) is 5.92 Å². The molecule has 1 N–H and O–H groups in total. The predicted molar refractivity (Wildman–Crippen MR) is 84.7 cm³/mol. The molecule has 120 valence electrons. The fourth-order valence-electron chi connectivity index (χ4n) is 2.79. The van der Waals surface area contributed by atoms with E-state index in [0.717, 1.165) is 17.9 Å². The Kier molecular flexibility index (Phi) is 5.41. The van der Waals surface area contributed by atoms with E-state index < -0.39 is 0 Å². The molecule has 1 fully saturated rings.